The smallest absolute Gasteiger partial charge is 0.107 e. The van der Waals surface area contributed by atoms with Gasteiger partial charge >= 0.3 is 0 Å². The van der Waals surface area contributed by atoms with E-state index in [9.17, 15) is 0 Å². The predicted octanol–water partition coefficient (Wildman–Crippen LogP) is 3.10. The van der Waals surface area contributed by atoms with Gasteiger partial charge in [-0.3, -0.25) is 4.90 Å². The summed E-state index contributed by atoms with van der Waals surface area (Å²) in [5.41, 5.74) is 1.15. The highest BCUT2D eigenvalue weighted by Gasteiger charge is 2.24. The topological polar surface area (TPSA) is 39.9 Å². The van der Waals surface area contributed by atoms with Crippen molar-refractivity contribution in [1.29, 1.82) is 5.26 Å². The van der Waals surface area contributed by atoms with Crippen molar-refractivity contribution < 1.29 is 0 Å². The fraction of sp³-hybridized carbons (Fsp3) is 0.714. The van der Waals surface area contributed by atoms with Crippen LogP contribution < -0.4 is 0 Å². The minimum atomic E-state index is 0.0337. The Morgan fingerprint density at radius 1 is 1.33 bits per heavy atom. The van der Waals surface area contributed by atoms with Gasteiger partial charge in [0.1, 0.15) is 5.01 Å². The molecule has 4 heteroatoms. The van der Waals surface area contributed by atoms with Gasteiger partial charge in [-0.1, -0.05) is 20.8 Å². The van der Waals surface area contributed by atoms with Crippen molar-refractivity contribution in [2.24, 2.45) is 0 Å². The normalized spacial score (nSPS) is 17.0. The highest BCUT2D eigenvalue weighted by molar-refractivity contribution is 7.11. The van der Waals surface area contributed by atoms with Crippen molar-refractivity contribution in [3.63, 3.8) is 0 Å². The molecule has 0 radical (unpaired) electrons. The second-order valence-corrected chi connectivity index (χ2v) is 7.12. The van der Waals surface area contributed by atoms with Crippen LogP contribution in [0.25, 0.3) is 0 Å². The zero-order chi connectivity index (χ0) is 13.2. The van der Waals surface area contributed by atoms with E-state index in [1.165, 1.54) is 30.9 Å². The van der Waals surface area contributed by atoms with Crippen molar-refractivity contribution >= 4 is 11.3 Å². The third kappa shape index (κ3) is 3.09. The number of hydrogen-bond acceptors (Lipinski definition) is 4. The molecule has 0 unspecified atom stereocenters. The van der Waals surface area contributed by atoms with Crippen LogP contribution in [0.1, 0.15) is 49.2 Å². The summed E-state index contributed by atoms with van der Waals surface area (Å²) in [6.07, 6.45) is 3.11. The molecular formula is C14H21N3S. The molecule has 1 aliphatic rings. The Balaban J connectivity index is 2.19. The molecule has 0 aliphatic carbocycles. The van der Waals surface area contributed by atoms with Crippen LogP contribution in [0, 0.1) is 11.3 Å². The number of hydrogen-bond donors (Lipinski definition) is 0. The van der Waals surface area contributed by atoms with Gasteiger partial charge in [0.05, 0.1) is 24.7 Å². The minimum Gasteiger partial charge on any atom is -0.297 e. The second kappa shape index (κ2) is 5.38. The molecule has 0 aromatic carbocycles. The summed E-state index contributed by atoms with van der Waals surface area (Å²) in [6.45, 7) is 9.85. The molecule has 18 heavy (non-hydrogen) atoms. The zero-order valence-corrected chi connectivity index (χ0v) is 12.3. The molecule has 98 valence electrons. The highest BCUT2D eigenvalue weighted by atomic mass is 32.1. The first-order chi connectivity index (χ1) is 8.50. The van der Waals surface area contributed by atoms with Crippen LogP contribution in [0.5, 0.6) is 0 Å². The molecule has 0 atom stereocenters. The molecule has 2 rings (SSSR count). The number of aromatic nitrogens is 1. The lowest BCUT2D eigenvalue weighted by molar-refractivity contribution is 0.330. The lowest BCUT2D eigenvalue weighted by atomic mass is 9.91. The van der Waals surface area contributed by atoms with Crippen LogP contribution in [0.15, 0.2) is 0 Å². The quantitative estimate of drug-likeness (QED) is 0.841. The van der Waals surface area contributed by atoms with Crippen molar-refractivity contribution in [3.8, 4) is 6.07 Å². The van der Waals surface area contributed by atoms with Gasteiger partial charge in [-0.15, -0.1) is 11.3 Å². The minimum absolute atomic E-state index is 0.0337. The first kappa shape index (κ1) is 13.5. The lowest BCUT2D eigenvalue weighted by Gasteiger charge is -2.17. The fourth-order valence-corrected chi connectivity index (χ4v) is 3.63. The molecule has 0 N–H and O–H groups in total. The zero-order valence-electron chi connectivity index (χ0n) is 11.5. The number of nitrogens with zero attached hydrogens (tertiary/aromatic N) is 3. The average molecular weight is 263 g/mol. The molecule has 1 saturated heterocycles. The van der Waals surface area contributed by atoms with Crippen LogP contribution in [-0.4, -0.2) is 23.0 Å². The lowest BCUT2D eigenvalue weighted by Crippen LogP contribution is -2.19. The summed E-state index contributed by atoms with van der Waals surface area (Å²) in [6, 6.07) is 2.26. The molecule has 0 bridgehead atoms. The van der Waals surface area contributed by atoms with Crippen molar-refractivity contribution in [2.45, 2.75) is 52.0 Å². The SMILES string of the molecule is CC(C)(C)c1nc(CN2CCCC2)sc1CC#N. The summed E-state index contributed by atoms with van der Waals surface area (Å²) in [4.78, 5) is 8.40. The second-order valence-electron chi connectivity index (χ2n) is 5.95. The van der Waals surface area contributed by atoms with E-state index in [-0.39, 0.29) is 5.41 Å². The van der Waals surface area contributed by atoms with Gasteiger partial charge in [0, 0.05) is 10.3 Å². The molecule has 1 aromatic rings. The summed E-state index contributed by atoms with van der Waals surface area (Å²) >= 11 is 1.72. The molecule has 1 aliphatic heterocycles. The summed E-state index contributed by atoms with van der Waals surface area (Å²) in [7, 11) is 0. The van der Waals surface area contributed by atoms with Gasteiger partial charge in [0.25, 0.3) is 0 Å². The Morgan fingerprint density at radius 3 is 2.56 bits per heavy atom. The molecule has 0 saturated carbocycles. The molecule has 0 amide bonds. The molecule has 2 heterocycles. The fourth-order valence-electron chi connectivity index (χ4n) is 2.38. The van der Waals surface area contributed by atoms with E-state index in [1.807, 2.05) is 0 Å². The van der Waals surface area contributed by atoms with Gasteiger partial charge in [0.2, 0.25) is 0 Å². The van der Waals surface area contributed by atoms with Crippen molar-refractivity contribution in [2.75, 3.05) is 13.1 Å². The van der Waals surface area contributed by atoms with Crippen LogP contribution >= 0.6 is 11.3 Å². The number of rotatable bonds is 3. The molecule has 1 fully saturated rings. The summed E-state index contributed by atoms with van der Waals surface area (Å²) in [5.74, 6) is 0. The first-order valence-corrected chi connectivity index (χ1v) is 7.40. The van der Waals surface area contributed by atoms with Crippen molar-refractivity contribution in [3.05, 3.63) is 15.6 Å². The van der Waals surface area contributed by atoms with E-state index in [0.717, 1.165) is 17.1 Å². The summed E-state index contributed by atoms with van der Waals surface area (Å²) in [5, 5.41) is 10.1. The molecule has 1 aromatic heterocycles. The van der Waals surface area contributed by atoms with Gasteiger partial charge in [0.15, 0.2) is 0 Å². The maximum absolute atomic E-state index is 8.92. The average Bonchev–Trinajstić information content (AvgIpc) is 2.88. The van der Waals surface area contributed by atoms with Crippen LogP contribution in [0.3, 0.4) is 0 Å². The van der Waals surface area contributed by atoms with E-state index in [1.54, 1.807) is 11.3 Å². The van der Waals surface area contributed by atoms with Gasteiger partial charge in [-0.05, 0) is 25.9 Å². The van der Waals surface area contributed by atoms with Crippen LogP contribution in [0.4, 0.5) is 0 Å². The number of nitriles is 1. The standard InChI is InChI=1S/C14H21N3S/c1-14(2,3)13-11(6-7-15)18-12(16-13)10-17-8-4-5-9-17/h4-6,8-10H2,1-3H3. The summed E-state index contributed by atoms with van der Waals surface area (Å²) < 4.78 is 0. The Labute approximate surface area is 113 Å². The van der Waals surface area contributed by atoms with E-state index in [0.29, 0.717) is 6.42 Å². The Hall–Kier alpha value is -0.920. The Bertz CT molecular complexity index is 445. The Kier molecular flexibility index (Phi) is 4.04. The Morgan fingerprint density at radius 2 is 2.00 bits per heavy atom. The third-order valence-corrected chi connectivity index (χ3v) is 4.29. The molecule has 3 nitrogen and oxygen atoms in total. The van der Waals surface area contributed by atoms with Crippen molar-refractivity contribution in [1.82, 2.24) is 9.88 Å². The predicted molar refractivity (Wildman–Crippen MR) is 74.6 cm³/mol. The van der Waals surface area contributed by atoms with Gasteiger partial charge in [-0.2, -0.15) is 5.26 Å². The van der Waals surface area contributed by atoms with E-state index in [4.69, 9.17) is 10.2 Å². The van der Waals surface area contributed by atoms with Crippen LogP contribution in [-0.2, 0) is 18.4 Å². The van der Waals surface area contributed by atoms with E-state index >= 15 is 0 Å². The number of likely N-dealkylation sites (tertiary alicyclic amines) is 1. The van der Waals surface area contributed by atoms with Gasteiger partial charge in [-0.25, -0.2) is 4.98 Å². The molecular weight excluding hydrogens is 242 g/mol. The number of thiazole rings is 1. The van der Waals surface area contributed by atoms with Gasteiger partial charge < -0.3 is 0 Å². The maximum Gasteiger partial charge on any atom is 0.107 e. The monoisotopic (exact) mass is 263 g/mol. The first-order valence-electron chi connectivity index (χ1n) is 6.59. The molecule has 0 spiro atoms. The maximum atomic E-state index is 8.92. The highest BCUT2D eigenvalue weighted by Crippen LogP contribution is 2.30. The largest absolute Gasteiger partial charge is 0.297 e. The third-order valence-electron chi connectivity index (χ3n) is 3.25. The van der Waals surface area contributed by atoms with Crippen LogP contribution in [0.2, 0.25) is 0 Å². The van der Waals surface area contributed by atoms with E-state index in [2.05, 4.69) is 31.7 Å². The van der Waals surface area contributed by atoms with E-state index < -0.39 is 0 Å².